The highest BCUT2D eigenvalue weighted by Gasteiger charge is 2.13. The molecule has 1 amide bonds. The van der Waals surface area contributed by atoms with Crippen LogP contribution in [0.3, 0.4) is 0 Å². The first-order valence-electron chi connectivity index (χ1n) is 9.12. The Morgan fingerprint density at radius 2 is 1.87 bits per heavy atom. The average molecular weight is 421 g/mol. The molecule has 0 saturated heterocycles. The summed E-state index contributed by atoms with van der Waals surface area (Å²) in [6, 6.07) is 20.1. The van der Waals surface area contributed by atoms with Gasteiger partial charge in [0, 0.05) is 16.3 Å². The predicted molar refractivity (Wildman–Crippen MR) is 116 cm³/mol. The highest BCUT2D eigenvalue weighted by Crippen LogP contribution is 2.25. The lowest BCUT2D eigenvalue weighted by Gasteiger charge is -2.11. The lowest BCUT2D eigenvalue weighted by molar-refractivity contribution is -0.112. The summed E-state index contributed by atoms with van der Waals surface area (Å²) in [6.45, 7) is 2.01. The average Bonchev–Trinajstić information content (AvgIpc) is 2.75. The van der Waals surface area contributed by atoms with E-state index < -0.39 is 5.91 Å². The van der Waals surface area contributed by atoms with E-state index in [1.807, 2.05) is 6.07 Å². The van der Waals surface area contributed by atoms with E-state index >= 15 is 0 Å². The monoisotopic (exact) mass is 420 g/mol. The Hall–Kier alpha value is -3.62. The molecule has 0 spiro atoms. The number of hydrogen-bond donors (Lipinski definition) is 1. The number of ether oxygens (including phenoxy) is 1. The highest BCUT2D eigenvalue weighted by molar-refractivity contribution is 6.31. The van der Waals surface area contributed by atoms with Crippen molar-refractivity contribution in [3.63, 3.8) is 0 Å². The molecule has 0 heterocycles. The van der Waals surface area contributed by atoms with Crippen molar-refractivity contribution in [1.82, 2.24) is 0 Å². The van der Waals surface area contributed by atoms with Crippen LogP contribution in [0, 0.1) is 24.1 Å². The number of amides is 1. The molecule has 3 aromatic carbocycles. The van der Waals surface area contributed by atoms with Gasteiger partial charge in [-0.05, 0) is 54.5 Å². The third-order valence-corrected chi connectivity index (χ3v) is 4.82. The van der Waals surface area contributed by atoms with Gasteiger partial charge >= 0.3 is 0 Å². The van der Waals surface area contributed by atoms with Crippen molar-refractivity contribution in [3.8, 4) is 11.8 Å². The minimum atomic E-state index is -0.545. The summed E-state index contributed by atoms with van der Waals surface area (Å²) in [5, 5.41) is 12.7. The molecular weight excluding hydrogens is 403 g/mol. The molecule has 0 radical (unpaired) electrons. The normalized spacial score (nSPS) is 10.9. The molecule has 3 rings (SSSR count). The molecule has 0 aliphatic carbocycles. The fraction of sp³-hybridized carbons (Fsp3) is 0.0833. The molecule has 0 fully saturated rings. The van der Waals surface area contributed by atoms with E-state index in [1.54, 1.807) is 61.5 Å². The molecular formula is C24H18ClFN2O2. The first-order valence-corrected chi connectivity index (χ1v) is 9.50. The van der Waals surface area contributed by atoms with E-state index in [0.29, 0.717) is 27.6 Å². The second-order valence-electron chi connectivity index (χ2n) is 6.49. The lowest BCUT2D eigenvalue weighted by Crippen LogP contribution is -2.14. The van der Waals surface area contributed by atoms with Crippen molar-refractivity contribution in [3.05, 3.63) is 99.8 Å². The van der Waals surface area contributed by atoms with Crippen LogP contribution in [-0.2, 0) is 11.4 Å². The fourth-order valence-electron chi connectivity index (χ4n) is 2.71. The summed E-state index contributed by atoms with van der Waals surface area (Å²) in [4.78, 5) is 12.6. The van der Waals surface area contributed by atoms with Crippen molar-refractivity contribution in [1.29, 1.82) is 5.26 Å². The Morgan fingerprint density at radius 3 is 2.60 bits per heavy atom. The molecule has 0 bridgehead atoms. The zero-order chi connectivity index (χ0) is 21.5. The minimum absolute atomic E-state index is 0.0767. The van der Waals surface area contributed by atoms with E-state index in [1.165, 1.54) is 18.2 Å². The summed E-state index contributed by atoms with van der Waals surface area (Å²) in [6.07, 6.45) is 1.47. The number of benzene rings is 3. The van der Waals surface area contributed by atoms with Crippen molar-refractivity contribution in [2.75, 3.05) is 5.32 Å². The van der Waals surface area contributed by atoms with Crippen molar-refractivity contribution in [2.24, 2.45) is 0 Å². The van der Waals surface area contributed by atoms with Gasteiger partial charge in [0.25, 0.3) is 5.91 Å². The molecule has 150 valence electrons. The number of nitrogens with one attached hydrogen (secondary N) is 1. The van der Waals surface area contributed by atoms with Gasteiger partial charge in [0.15, 0.2) is 0 Å². The summed E-state index contributed by atoms with van der Waals surface area (Å²) >= 11 is 6.09. The third kappa shape index (κ3) is 5.25. The zero-order valence-electron chi connectivity index (χ0n) is 16.2. The van der Waals surface area contributed by atoms with Crippen molar-refractivity contribution in [2.45, 2.75) is 13.5 Å². The molecule has 0 aliphatic rings. The van der Waals surface area contributed by atoms with E-state index in [0.717, 1.165) is 5.56 Å². The van der Waals surface area contributed by atoms with Gasteiger partial charge in [0.1, 0.15) is 29.8 Å². The molecule has 0 aliphatic heterocycles. The number of carbonyl (C=O) groups is 1. The van der Waals surface area contributed by atoms with E-state index in [9.17, 15) is 14.4 Å². The second kappa shape index (κ2) is 9.73. The van der Waals surface area contributed by atoms with Gasteiger partial charge < -0.3 is 10.1 Å². The molecule has 6 heteroatoms. The predicted octanol–water partition coefficient (Wildman–Crippen LogP) is 5.91. The van der Waals surface area contributed by atoms with Gasteiger partial charge in [0.2, 0.25) is 0 Å². The lowest BCUT2D eigenvalue weighted by atomic mass is 10.1. The maximum atomic E-state index is 13.1. The van der Waals surface area contributed by atoms with E-state index in [-0.39, 0.29) is 18.0 Å². The van der Waals surface area contributed by atoms with Crippen LogP contribution in [0.2, 0.25) is 5.02 Å². The Balaban J connectivity index is 1.80. The molecule has 0 aromatic heterocycles. The van der Waals surface area contributed by atoms with Crippen LogP contribution in [0.4, 0.5) is 10.1 Å². The topological polar surface area (TPSA) is 62.1 Å². The zero-order valence-corrected chi connectivity index (χ0v) is 16.9. The van der Waals surface area contributed by atoms with Crippen LogP contribution in [0.5, 0.6) is 5.75 Å². The summed E-state index contributed by atoms with van der Waals surface area (Å²) in [5.41, 5.74) is 2.55. The maximum Gasteiger partial charge on any atom is 0.266 e. The van der Waals surface area contributed by atoms with Crippen molar-refractivity contribution >= 4 is 29.3 Å². The number of rotatable bonds is 6. The number of nitriles is 1. The largest absolute Gasteiger partial charge is 0.488 e. The Labute approximate surface area is 179 Å². The first kappa shape index (κ1) is 21.1. The van der Waals surface area contributed by atoms with Gasteiger partial charge in [-0.25, -0.2) is 4.39 Å². The highest BCUT2D eigenvalue weighted by atomic mass is 35.5. The van der Waals surface area contributed by atoms with Crippen molar-refractivity contribution < 1.29 is 13.9 Å². The van der Waals surface area contributed by atoms with Crippen LogP contribution in [0.1, 0.15) is 16.7 Å². The van der Waals surface area contributed by atoms with E-state index in [4.69, 9.17) is 16.3 Å². The summed E-state index contributed by atoms with van der Waals surface area (Å²) in [7, 11) is 0. The van der Waals surface area contributed by atoms with Crippen LogP contribution in [-0.4, -0.2) is 5.91 Å². The third-order valence-electron chi connectivity index (χ3n) is 4.41. The number of carbonyl (C=O) groups excluding carboxylic acids is 1. The molecule has 4 nitrogen and oxygen atoms in total. The maximum absolute atomic E-state index is 13.1. The molecule has 1 N–H and O–H groups in total. The summed E-state index contributed by atoms with van der Waals surface area (Å²) in [5.74, 6) is -0.362. The van der Waals surface area contributed by atoms with Gasteiger partial charge in [-0.3, -0.25) is 4.79 Å². The molecule has 3 aromatic rings. The Morgan fingerprint density at radius 1 is 1.13 bits per heavy atom. The summed E-state index contributed by atoms with van der Waals surface area (Å²) < 4.78 is 18.9. The number of para-hydroxylation sites is 1. The smallest absolute Gasteiger partial charge is 0.266 e. The standard InChI is InChI=1S/C24H18ClFN2O2/c1-16-21(25)6-4-7-22(16)28-24(29)19(14-27)13-18-5-2-3-8-23(18)30-15-17-9-11-20(26)12-10-17/h2-13H,15H2,1H3,(H,28,29)/b19-13-. The molecule has 30 heavy (non-hydrogen) atoms. The van der Waals surface area contributed by atoms with Crippen LogP contribution in [0.25, 0.3) is 6.08 Å². The number of nitrogens with zero attached hydrogens (tertiary/aromatic N) is 1. The number of anilines is 1. The van der Waals surface area contributed by atoms with Gasteiger partial charge in [0.05, 0.1) is 0 Å². The molecule has 0 unspecified atom stereocenters. The first-order chi connectivity index (χ1) is 14.5. The van der Waals surface area contributed by atoms with Crippen LogP contribution < -0.4 is 10.1 Å². The van der Waals surface area contributed by atoms with Crippen LogP contribution in [0.15, 0.2) is 72.3 Å². The van der Waals surface area contributed by atoms with E-state index in [2.05, 4.69) is 5.32 Å². The molecule has 0 atom stereocenters. The van der Waals surface area contributed by atoms with Gasteiger partial charge in [-0.1, -0.05) is 48.0 Å². The van der Waals surface area contributed by atoms with Crippen LogP contribution >= 0.6 is 11.6 Å². The number of hydrogen-bond acceptors (Lipinski definition) is 3. The Kier molecular flexibility index (Phi) is 6.84. The SMILES string of the molecule is Cc1c(Cl)cccc1NC(=O)/C(C#N)=C\c1ccccc1OCc1ccc(F)cc1. The second-order valence-corrected chi connectivity index (χ2v) is 6.90. The molecule has 0 saturated carbocycles. The van der Waals surface area contributed by atoms with Gasteiger partial charge in [-0.15, -0.1) is 0 Å². The number of halogens is 2. The van der Waals surface area contributed by atoms with Gasteiger partial charge in [-0.2, -0.15) is 5.26 Å². The fourth-order valence-corrected chi connectivity index (χ4v) is 2.88. The Bertz CT molecular complexity index is 1130. The quantitative estimate of drug-likeness (QED) is 0.398. The minimum Gasteiger partial charge on any atom is -0.488 e.